The fraction of sp³-hybridized carbons (Fsp3) is 0.273. The zero-order chi connectivity index (χ0) is 13.3. The number of nitrogen functional groups attached to an aromatic ring is 1. The van der Waals surface area contributed by atoms with Crippen molar-refractivity contribution < 1.29 is 4.42 Å². The van der Waals surface area contributed by atoms with Gasteiger partial charge < -0.3 is 15.5 Å². The molecule has 0 spiro atoms. The fourth-order valence-electron chi connectivity index (χ4n) is 1.42. The van der Waals surface area contributed by atoms with E-state index in [1.165, 1.54) is 0 Å². The molecule has 2 rings (SSSR count). The van der Waals surface area contributed by atoms with Crippen molar-refractivity contribution in [3.05, 3.63) is 34.0 Å². The summed E-state index contributed by atoms with van der Waals surface area (Å²) in [5.74, 6) is 1.97. The van der Waals surface area contributed by atoms with Gasteiger partial charge in [-0.3, -0.25) is 0 Å². The first-order chi connectivity index (χ1) is 8.47. The molecule has 5 nitrogen and oxygen atoms in total. The van der Waals surface area contributed by atoms with Gasteiger partial charge in [0, 0.05) is 0 Å². The van der Waals surface area contributed by atoms with E-state index in [1.807, 2.05) is 13.8 Å². The van der Waals surface area contributed by atoms with Gasteiger partial charge in [-0.25, -0.2) is 9.97 Å². The van der Waals surface area contributed by atoms with Crippen molar-refractivity contribution >= 4 is 34.8 Å². The van der Waals surface area contributed by atoms with Gasteiger partial charge in [-0.2, -0.15) is 0 Å². The van der Waals surface area contributed by atoms with E-state index in [1.54, 1.807) is 12.3 Å². The minimum atomic E-state index is -0.177. The lowest BCUT2D eigenvalue weighted by Crippen LogP contribution is -2.09. The molecule has 0 aliphatic rings. The van der Waals surface area contributed by atoms with Crippen LogP contribution in [0, 0.1) is 6.92 Å². The third-order valence-corrected chi connectivity index (χ3v) is 2.91. The van der Waals surface area contributed by atoms with Crippen LogP contribution in [0.2, 0.25) is 10.0 Å². The Kier molecular flexibility index (Phi) is 3.63. The molecule has 0 aliphatic heterocycles. The highest BCUT2D eigenvalue weighted by atomic mass is 35.5. The van der Waals surface area contributed by atoms with Crippen LogP contribution in [0.25, 0.3) is 0 Å². The Balaban J connectivity index is 2.21. The van der Waals surface area contributed by atoms with Crippen LogP contribution in [0.1, 0.15) is 24.6 Å². The zero-order valence-corrected chi connectivity index (χ0v) is 11.4. The molecule has 0 aliphatic carbocycles. The van der Waals surface area contributed by atoms with Gasteiger partial charge in [0.15, 0.2) is 0 Å². The number of aryl methyl sites for hydroxylation is 1. The summed E-state index contributed by atoms with van der Waals surface area (Å²) in [4.78, 5) is 8.20. The normalized spacial score (nSPS) is 12.4. The lowest BCUT2D eigenvalue weighted by Gasteiger charge is -2.13. The second-order valence-electron chi connectivity index (χ2n) is 3.86. The molecule has 96 valence electrons. The van der Waals surface area contributed by atoms with Crippen molar-refractivity contribution in [3.63, 3.8) is 0 Å². The van der Waals surface area contributed by atoms with E-state index < -0.39 is 0 Å². The Hall–Kier alpha value is -1.46. The highest BCUT2D eigenvalue weighted by molar-refractivity contribution is 6.37. The second kappa shape index (κ2) is 5.04. The van der Waals surface area contributed by atoms with Crippen LogP contribution in [0.4, 0.5) is 11.6 Å². The number of hydrogen-bond acceptors (Lipinski definition) is 5. The van der Waals surface area contributed by atoms with Crippen molar-refractivity contribution in [2.75, 3.05) is 11.1 Å². The average Bonchev–Trinajstić information content (AvgIpc) is 2.73. The Bertz CT molecular complexity index is 570. The maximum absolute atomic E-state index is 6.02. The summed E-state index contributed by atoms with van der Waals surface area (Å²) in [6, 6.07) is 1.37. The molecule has 0 bridgehead atoms. The number of nitrogens with one attached hydrogen (secondary N) is 1. The van der Waals surface area contributed by atoms with Gasteiger partial charge in [0.25, 0.3) is 0 Å². The molecule has 1 unspecified atom stereocenters. The molecule has 2 aromatic heterocycles. The number of anilines is 2. The largest absolute Gasteiger partial charge is 0.444 e. The maximum Gasteiger partial charge on any atom is 0.216 e. The SMILES string of the molecule is Cc1cnc(C(C)Nc2nc(N)c(Cl)cc2Cl)o1. The van der Waals surface area contributed by atoms with Crippen LogP contribution >= 0.6 is 23.2 Å². The number of aromatic nitrogens is 2. The molecule has 18 heavy (non-hydrogen) atoms. The van der Waals surface area contributed by atoms with E-state index in [9.17, 15) is 0 Å². The zero-order valence-electron chi connectivity index (χ0n) is 9.87. The molecule has 3 N–H and O–H groups in total. The summed E-state index contributed by atoms with van der Waals surface area (Å²) in [5.41, 5.74) is 5.63. The smallest absolute Gasteiger partial charge is 0.216 e. The van der Waals surface area contributed by atoms with Crippen LogP contribution in [-0.2, 0) is 0 Å². The molecule has 2 heterocycles. The third kappa shape index (κ3) is 2.68. The van der Waals surface area contributed by atoms with Gasteiger partial charge in [0.05, 0.1) is 16.2 Å². The number of hydrogen-bond donors (Lipinski definition) is 2. The van der Waals surface area contributed by atoms with Gasteiger partial charge in [0.2, 0.25) is 5.89 Å². The first-order valence-electron chi connectivity index (χ1n) is 5.27. The Morgan fingerprint density at radius 2 is 2.11 bits per heavy atom. The maximum atomic E-state index is 6.02. The van der Waals surface area contributed by atoms with E-state index in [-0.39, 0.29) is 11.9 Å². The predicted octanol–water partition coefficient (Wildman–Crippen LogP) is 3.44. The quantitative estimate of drug-likeness (QED) is 0.904. The van der Waals surface area contributed by atoms with E-state index in [2.05, 4.69) is 15.3 Å². The molecular formula is C11H12Cl2N4O. The van der Waals surface area contributed by atoms with Crippen molar-refractivity contribution in [1.82, 2.24) is 9.97 Å². The van der Waals surface area contributed by atoms with E-state index >= 15 is 0 Å². The minimum Gasteiger partial charge on any atom is -0.444 e. The van der Waals surface area contributed by atoms with Crippen molar-refractivity contribution in [2.24, 2.45) is 0 Å². The minimum absolute atomic E-state index is 0.177. The first-order valence-corrected chi connectivity index (χ1v) is 6.03. The number of pyridine rings is 1. The van der Waals surface area contributed by atoms with Crippen LogP contribution in [0.15, 0.2) is 16.7 Å². The summed E-state index contributed by atoms with van der Waals surface area (Å²) >= 11 is 11.8. The summed E-state index contributed by atoms with van der Waals surface area (Å²) in [6.45, 7) is 3.71. The van der Waals surface area contributed by atoms with Crippen LogP contribution in [0.3, 0.4) is 0 Å². The third-order valence-electron chi connectivity index (χ3n) is 2.32. The molecule has 0 saturated carbocycles. The average molecular weight is 287 g/mol. The number of nitrogens with zero attached hydrogens (tertiary/aromatic N) is 2. The van der Waals surface area contributed by atoms with Crippen molar-refractivity contribution in [2.45, 2.75) is 19.9 Å². The summed E-state index contributed by atoms with van der Waals surface area (Å²) in [6.07, 6.45) is 1.65. The van der Waals surface area contributed by atoms with Gasteiger partial charge in [0.1, 0.15) is 23.4 Å². The molecular weight excluding hydrogens is 275 g/mol. The standard InChI is InChI=1S/C11H12Cl2N4O/c1-5-4-15-11(18-5)6(2)16-10-8(13)3-7(12)9(14)17-10/h3-4,6H,1-2H3,(H3,14,16,17). The fourth-order valence-corrected chi connectivity index (χ4v) is 1.83. The summed E-state index contributed by atoms with van der Waals surface area (Å²) in [5, 5.41) is 3.79. The number of oxazole rings is 1. The number of rotatable bonds is 3. The monoisotopic (exact) mass is 286 g/mol. The Morgan fingerprint density at radius 3 is 2.72 bits per heavy atom. The number of nitrogens with two attached hydrogens (primary N) is 1. The lowest BCUT2D eigenvalue weighted by atomic mass is 10.3. The van der Waals surface area contributed by atoms with Gasteiger partial charge in [-0.05, 0) is 19.9 Å². The van der Waals surface area contributed by atoms with Gasteiger partial charge in [-0.1, -0.05) is 23.2 Å². The van der Waals surface area contributed by atoms with E-state index in [0.717, 1.165) is 5.76 Å². The lowest BCUT2D eigenvalue weighted by molar-refractivity contribution is 0.453. The molecule has 0 saturated heterocycles. The van der Waals surface area contributed by atoms with Crippen molar-refractivity contribution in [3.8, 4) is 0 Å². The number of halogens is 2. The second-order valence-corrected chi connectivity index (χ2v) is 4.68. The molecule has 7 heteroatoms. The molecule has 0 fully saturated rings. The molecule has 0 radical (unpaired) electrons. The Labute approximate surface area is 114 Å². The highest BCUT2D eigenvalue weighted by Crippen LogP contribution is 2.29. The summed E-state index contributed by atoms with van der Waals surface area (Å²) in [7, 11) is 0. The van der Waals surface area contributed by atoms with E-state index in [4.69, 9.17) is 33.4 Å². The predicted molar refractivity (Wildman–Crippen MR) is 71.9 cm³/mol. The van der Waals surface area contributed by atoms with Gasteiger partial charge in [-0.15, -0.1) is 0 Å². The summed E-state index contributed by atoms with van der Waals surface area (Å²) < 4.78 is 5.41. The topological polar surface area (TPSA) is 77.0 Å². The molecule has 0 amide bonds. The Morgan fingerprint density at radius 1 is 1.39 bits per heavy atom. The molecule has 1 atom stereocenters. The van der Waals surface area contributed by atoms with Crippen LogP contribution in [0.5, 0.6) is 0 Å². The van der Waals surface area contributed by atoms with Crippen LogP contribution < -0.4 is 11.1 Å². The first kappa shape index (κ1) is 13.0. The highest BCUT2D eigenvalue weighted by Gasteiger charge is 2.14. The molecule has 0 aromatic carbocycles. The van der Waals surface area contributed by atoms with Crippen molar-refractivity contribution in [1.29, 1.82) is 0 Å². The van der Waals surface area contributed by atoms with Gasteiger partial charge >= 0.3 is 0 Å². The van der Waals surface area contributed by atoms with Crippen LogP contribution in [-0.4, -0.2) is 9.97 Å². The van der Waals surface area contributed by atoms with E-state index in [0.29, 0.717) is 21.8 Å². The molecule has 2 aromatic rings.